The second kappa shape index (κ2) is 8.19. The minimum atomic E-state index is -0.124. The van der Waals surface area contributed by atoms with Crippen LogP contribution in [0.2, 0.25) is 0 Å². The Kier molecular flexibility index (Phi) is 5.51. The molecule has 1 atom stereocenters. The van der Waals surface area contributed by atoms with E-state index in [0.717, 1.165) is 12.0 Å². The Labute approximate surface area is 147 Å². The number of carbonyl (C=O) groups is 1. The van der Waals surface area contributed by atoms with E-state index in [1.165, 1.54) is 0 Å². The predicted molar refractivity (Wildman–Crippen MR) is 95.7 cm³/mol. The third-order valence-electron chi connectivity index (χ3n) is 4.06. The van der Waals surface area contributed by atoms with E-state index < -0.39 is 0 Å². The molecular formula is C19H21N5O. The largest absolute Gasteiger partial charge is 0.354 e. The Bertz CT molecular complexity index is 801. The van der Waals surface area contributed by atoms with Crippen LogP contribution in [0.1, 0.15) is 24.8 Å². The van der Waals surface area contributed by atoms with Crippen LogP contribution < -0.4 is 5.32 Å². The quantitative estimate of drug-likeness (QED) is 0.720. The van der Waals surface area contributed by atoms with E-state index in [-0.39, 0.29) is 11.8 Å². The van der Waals surface area contributed by atoms with E-state index >= 15 is 0 Å². The number of imidazole rings is 1. The van der Waals surface area contributed by atoms with E-state index in [1.54, 1.807) is 24.7 Å². The van der Waals surface area contributed by atoms with Crippen molar-refractivity contribution in [2.24, 2.45) is 0 Å². The monoisotopic (exact) mass is 335 g/mol. The number of benzene rings is 1. The van der Waals surface area contributed by atoms with Gasteiger partial charge in [-0.25, -0.2) is 15.0 Å². The maximum Gasteiger partial charge on any atom is 0.227 e. The van der Waals surface area contributed by atoms with Gasteiger partial charge in [0.25, 0.3) is 0 Å². The second-order valence-electron chi connectivity index (χ2n) is 5.68. The van der Waals surface area contributed by atoms with E-state index in [4.69, 9.17) is 0 Å². The van der Waals surface area contributed by atoms with Crippen LogP contribution >= 0.6 is 0 Å². The van der Waals surface area contributed by atoms with E-state index in [9.17, 15) is 4.79 Å². The number of nitrogens with zero attached hydrogens (tertiary/aromatic N) is 4. The zero-order chi connectivity index (χ0) is 17.5. The molecule has 0 fully saturated rings. The van der Waals surface area contributed by atoms with Crippen molar-refractivity contribution in [1.82, 2.24) is 24.8 Å². The maximum atomic E-state index is 12.5. The van der Waals surface area contributed by atoms with Gasteiger partial charge in [0.05, 0.1) is 5.92 Å². The SMILES string of the molecule is CC[C@@H](C(=O)NCCn1ccnc1-c1ncccn1)c1ccccc1. The minimum Gasteiger partial charge on any atom is -0.354 e. The first-order chi connectivity index (χ1) is 12.3. The van der Waals surface area contributed by atoms with Gasteiger partial charge in [0, 0.05) is 37.9 Å². The van der Waals surface area contributed by atoms with Gasteiger partial charge in [-0.1, -0.05) is 37.3 Å². The number of amides is 1. The van der Waals surface area contributed by atoms with Crippen LogP contribution in [-0.2, 0) is 11.3 Å². The lowest BCUT2D eigenvalue weighted by atomic mass is 9.96. The summed E-state index contributed by atoms with van der Waals surface area (Å²) in [5.41, 5.74) is 1.04. The molecule has 0 spiro atoms. The molecule has 1 N–H and O–H groups in total. The number of carbonyl (C=O) groups excluding carboxylic acids is 1. The van der Waals surface area contributed by atoms with Gasteiger partial charge in [-0.2, -0.15) is 0 Å². The summed E-state index contributed by atoms with van der Waals surface area (Å²) in [4.78, 5) is 25.3. The summed E-state index contributed by atoms with van der Waals surface area (Å²) in [6.45, 7) is 3.17. The molecule has 2 heterocycles. The summed E-state index contributed by atoms with van der Waals surface area (Å²) in [6.07, 6.45) is 7.73. The molecule has 0 bridgehead atoms. The Balaban J connectivity index is 1.60. The highest BCUT2D eigenvalue weighted by Crippen LogP contribution is 2.19. The molecular weight excluding hydrogens is 314 g/mol. The lowest BCUT2D eigenvalue weighted by Crippen LogP contribution is -2.31. The van der Waals surface area contributed by atoms with Gasteiger partial charge >= 0.3 is 0 Å². The number of aromatic nitrogens is 4. The van der Waals surface area contributed by atoms with Crippen molar-refractivity contribution in [3.63, 3.8) is 0 Å². The number of nitrogens with one attached hydrogen (secondary N) is 1. The molecule has 0 aliphatic rings. The second-order valence-corrected chi connectivity index (χ2v) is 5.68. The van der Waals surface area contributed by atoms with E-state index in [1.807, 2.05) is 48.0 Å². The average molecular weight is 335 g/mol. The van der Waals surface area contributed by atoms with Crippen molar-refractivity contribution in [3.05, 3.63) is 66.7 Å². The Hall–Kier alpha value is -3.02. The molecule has 6 nitrogen and oxygen atoms in total. The first-order valence-corrected chi connectivity index (χ1v) is 8.40. The number of hydrogen-bond donors (Lipinski definition) is 1. The van der Waals surface area contributed by atoms with Gasteiger partial charge in [-0.15, -0.1) is 0 Å². The highest BCUT2D eigenvalue weighted by Gasteiger charge is 2.18. The Morgan fingerprint density at radius 2 is 1.84 bits per heavy atom. The highest BCUT2D eigenvalue weighted by atomic mass is 16.1. The van der Waals surface area contributed by atoms with Crippen LogP contribution in [0.15, 0.2) is 61.2 Å². The van der Waals surface area contributed by atoms with Crippen LogP contribution in [0.5, 0.6) is 0 Å². The van der Waals surface area contributed by atoms with Crippen LogP contribution in [0.25, 0.3) is 11.6 Å². The summed E-state index contributed by atoms with van der Waals surface area (Å²) >= 11 is 0. The first kappa shape index (κ1) is 16.8. The fourth-order valence-corrected chi connectivity index (χ4v) is 2.79. The van der Waals surface area contributed by atoms with Crippen molar-refractivity contribution < 1.29 is 4.79 Å². The Morgan fingerprint density at radius 1 is 1.08 bits per heavy atom. The molecule has 0 unspecified atom stereocenters. The molecule has 3 aromatic rings. The van der Waals surface area contributed by atoms with Crippen molar-refractivity contribution in [2.75, 3.05) is 6.54 Å². The number of hydrogen-bond acceptors (Lipinski definition) is 4. The van der Waals surface area contributed by atoms with Gasteiger partial charge in [-0.3, -0.25) is 4.79 Å². The smallest absolute Gasteiger partial charge is 0.227 e. The molecule has 0 saturated heterocycles. The van der Waals surface area contributed by atoms with Gasteiger partial charge in [-0.05, 0) is 18.1 Å². The minimum absolute atomic E-state index is 0.0475. The molecule has 2 aromatic heterocycles. The molecule has 0 saturated carbocycles. The molecule has 0 radical (unpaired) electrons. The third-order valence-corrected chi connectivity index (χ3v) is 4.06. The normalized spacial score (nSPS) is 11.9. The van der Waals surface area contributed by atoms with Crippen LogP contribution in [0.3, 0.4) is 0 Å². The van der Waals surface area contributed by atoms with Crippen molar-refractivity contribution in [1.29, 1.82) is 0 Å². The van der Waals surface area contributed by atoms with Gasteiger partial charge in [0.1, 0.15) is 0 Å². The average Bonchev–Trinajstić information content (AvgIpc) is 3.12. The molecule has 0 aliphatic heterocycles. The molecule has 3 rings (SSSR count). The predicted octanol–water partition coefficient (Wildman–Crippen LogP) is 2.65. The fraction of sp³-hybridized carbons (Fsp3) is 0.263. The molecule has 0 aliphatic carbocycles. The van der Waals surface area contributed by atoms with E-state index in [0.29, 0.717) is 24.7 Å². The standard InChI is InChI=1S/C19H21N5O/c1-2-16(15-7-4-3-5-8-15)19(25)23-12-14-24-13-11-22-18(24)17-20-9-6-10-21-17/h3-11,13,16H,2,12,14H2,1H3,(H,23,25)/t16-/m1/s1. The van der Waals surface area contributed by atoms with E-state index in [2.05, 4.69) is 20.3 Å². The maximum absolute atomic E-state index is 12.5. The summed E-state index contributed by atoms with van der Waals surface area (Å²) < 4.78 is 1.94. The number of rotatable bonds is 7. The lowest BCUT2D eigenvalue weighted by molar-refractivity contribution is -0.122. The third kappa shape index (κ3) is 4.09. The van der Waals surface area contributed by atoms with Crippen molar-refractivity contribution in [3.8, 4) is 11.6 Å². The molecule has 25 heavy (non-hydrogen) atoms. The topological polar surface area (TPSA) is 72.7 Å². The summed E-state index contributed by atoms with van der Waals surface area (Å²) in [5, 5.41) is 3.02. The van der Waals surface area contributed by atoms with Crippen LogP contribution in [-0.4, -0.2) is 32.0 Å². The Morgan fingerprint density at radius 3 is 2.56 bits per heavy atom. The van der Waals surface area contributed by atoms with Crippen LogP contribution in [0, 0.1) is 0 Å². The molecule has 1 aromatic carbocycles. The molecule has 6 heteroatoms. The molecule has 128 valence electrons. The zero-order valence-electron chi connectivity index (χ0n) is 14.2. The summed E-state index contributed by atoms with van der Waals surface area (Å²) in [6, 6.07) is 11.6. The molecule has 1 amide bonds. The van der Waals surface area contributed by atoms with Gasteiger partial charge < -0.3 is 9.88 Å². The van der Waals surface area contributed by atoms with Crippen LogP contribution in [0.4, 0.5) is 0 Å². The van der Waals surface area contributed by atoms with Crippen molar-refractivity contribution in [2.45, 2.75) is 25.8 Å². The summed E-state index contributed by atoms with van der Waals surface area (Å²) in [7, 11) is 0. The first-order valence-electron chi connectivity index (χ1n) is 8.40. The van der Waals surface area contributed by atoms with Crippen molar-refractivity contribution >= 4 is 5.91 Å². The summed E-state index contributed by atoms with van der Waals surface area (Å²) in [5.74, 6) is 1.20. The zero-order valence-corrected chi connectivity index (χ0v) is 14.2. The lowest BCUT2D eigenvalue weighted by Gasteiger charge is -2.16. The highest BCUT2D eigenvalue weighted by molar-refractivity contribution is 5.83. The fourth-order valence-electron chi connectivity index (χ4n) is 2.79. The van der Waals surface area contributed by atoms with Gasteiger partial charge in [0.2, 0.25) is 5.91 Å². The van der Waals surface area contributed by atoms with Gasteiger partial charge in [0.15, 0.2) is 11.6 Å².